The fourth-order valence-electron chi connectivity index (χ4n) is 3.85. The maximum absolute atomic E-state index is 14.0. The number of urea groups is 1. The van der Waals surface area contributed by atoms with E-state index in [1.165, 1.54) is 18.2 Å². The number of nitrogens with zero attached hydrogens (tertiary/aromatic N) is 1. The fourth-order valence-corrected chi connectivity index (χ4v) is 3.85. The molecule has 3 N–H and O–H groups in total. The van der Waals surface area contributed by atoms with Crippen LogP contribution in [0.5, 0.6) is 0 Å². The first-order chi connectivity index (χ1) is 17.3. The number of hydrogen-bond donors (Lipinski definition) is 3. The van der Waals surface area contributed by atoms with E-state index in [1.54, 1.807) is 38.1 Å². The third-order valence-electron chi connectivity index (χ3n) is 5.37. The zero-order valence-corrected chi connectivity index (χ0v) is 20.5. The molecule has 0 fully saturated rings. The number of halogens is 4. The molecule has 0 aliphatic rings. The number of anilines is 3. The van der Waals surface area contributed by atoms with Crippen LogP contribution in [0.15, 0.2) is 60.7 Å². The van der Waals surface area contributed by atoms with Gasteiger partial charge in [0.1, 0.15) is 12.4 Å². The number of rotatable bonds is 8. The van der Waals surface area contributed by atoms with Gasteiger partial charge in [0.25, 0.3) is 0 Å². The molecule has 0 atom stereocenters. The zero-order chi connectivity index (χ0) is 27.3. The van der Waals surface area contributed by atoms with Crippen LogP contribution in [-0.2, 0) is 0 Å². The standard InChI is InChI=1S/C27H27F4N3O3/c1-16(2)14-34(15-27(29,30)31)24-11-6-18(22-13-19(28)7-10-21(22)25(35)36)12-23(24)33-26(37)32-20-8-4-17(3)5-9-20/h4-13,16H,14-15H2,1-3H3,(H,35,36)(H2,32,33,37). The molecule has 2 amide bonds. The molecule has 0 aromatic heterocycles. The third-order valence-corrected chi connectivity index (χ3v) is 5.37. The number of carboxylic acids is 1. The summed E-state index contributed by atoms with van der Waals surface area (Å²) in [5.74, 6) is -2.13. The average molecular weight is 518 g/mol. The average Bonchev–Trinajstić information content (AvgIpc) is 2.78. The minimum absolute atomic E-state index is 0.00705. The normalized spacial score (nSPS) is 11.4. The van der Waals surface area contributed by atoms with E-state index in [9.17, 15) is 32.3 Å². The minimum atomic E-state index is -4.52. The van der Waals surface area contributed by atoms with Gasteiger partial charge in [0.05, 0.1) is 16.9 Å². The van der Waals surface area contributed by atoms with Crippen LogP contribution in [0.1, 0.15) is 29.8 Å². The Kier molecular flexibility index (Phi) is 8.42. The van der Waals surface area contributed by atoms with Gasteiger partial charge >= 0.3 is 18.2 Å². The number of aromatic carboxylic acids is 1. The Morgan fingerprint density at radius 3 is 2.24 bits per heavy atom. The van der Waals surface area contributed by atoms with Gasteiger partial charge < -0.3 is 20.6 Å². The molecule has 0 spiro atoms. The number of carbonyl (C=O) groups is 2. The van der Waals surface area contributed by atoms with Crippen LogP contribution in [0, 0.1) is 18.7 Å². The van der Waals surface area contributed by atoms with Crippen molar-refractivity contribution >= 4 is 29.1 Å². The molecule has 0 bridgehead atoms. The van der Waals surface area contributed by atoms with Gasteiger partial charge in [-0.3, -0.25) is 0 Å². The zero-order valence-electron chi connectivity index (χ0n) is 20.5. The molecule has 0 heterocycles. The Morgan fingerprint density at radius 2 is 1.65 bits per heavy atom. The number of benzene rings is 3. The molecule has 0 saturated heterocycles. The number of carboxylic acid groups (broad SMARTS) is 1. The summed E-state index contributed by atoms with van der Waals surface area (Å²) in [6, 6.07) is 13.4. The van der Waals surface area contributed by atoms with Crippen LogP contribution < -0.4 is 15.5 Å². The first kappa shape index (κ1) is 27.5. The summed E-state index contributed by atoms with van der Waals surface area (Å²) in [4.78, 5) is 25.6. The summed E-state index contributed by atoms with van der Waals surface area (Å²) in [5, 5.41) is 14.8. The van der Waals surface area contributed by atoms with E-state index in [4.69, 9.17) is 0 Å². The largest absolute Gasteiger partial charge is 0.478 e. The Balaban J connectivity index is 2.08. The van der Waals surface area contributed by atoms with Crippen LogP contribution in [0.2, 0.25) is 0 Å². The lowest BCUT2D eigenvalue weighted by Gasteiger charge is -2.30. The highest BCUT2D eigenvalue weighted by molar-refractivity contribution is 6.03. The van der Waals surface area contributed by atoms with Gasteiger partial charge in [-0.15, -0.1) is 0 Å². The summed E-state index contributed by atoms with van der Waals surface area (Å²) in [6.07, 6.45) is -4.52. The smallest absolute Gasteiger partial charge is 0.405 e. The molecular weight excluding hydrogens is 490 g/mol. The molecule has 0 unspecified atom stereocenters. The van der Waals surface area contributed by atoms with E-state index in [0.29, 0.717) is 5.69 Å². The van der Waals surface area contributed by atoms with Crippen LogP contribution in [0.25, 0.3) is 11.1 Å². The topological polar surface area (TPSA) is 81.7 Å². The molecule has 0 aliphatic heterocycles. The Hall–Kier alpha value is -4.08. The van der Waals surface area contributed by atoms with Gasteiger partial charge in [0.15, 0.2) is 0 Å². The van der Waals surface area contributed by atoms with Crippen LogP contribution in [-0.4, -0.2) is 36.4 Å². The predicted octanol–water partition coefficient (Wildman–Crippen LogP) is 7.17. The number of aryl methyl sites for hydroxylation is 1. The molecule has 6 nitrogen and oxygen atoms in total. The highest BCUT2D eigenvalue weighted by atomic mass is 19.4. The van der Waals surface area contributed by atoms with Crippen molar-refractivity contribution < 1.29 is 32.3 Å². The molecule has 37 heavy (non-hydrogen) atoms. The maximum atomic E-state index is 14.0. The highest BCUT2D eigenvalue weighted by Crippen LogP contribution is 2.35. The van der Waals surface area contributed by atoms with Gasteiger partial charge in [-0.1, -0.05) is 37.6 Å². The van der Waals surface area contributed by atoms with E-state index >= 15 is 0 Å². The second kappa shape index (κ2) is 11.3. The molecule has 3 aromatic rings. The van der Waals surface area contributed by atoms with E-state index in [2.05, 4.69) is 10.6 Å². The quantitative estimate of drug-likeness (QED) is 0.277. The van der Waals surface area contributed by atoms with E-state index < -0.39 is 30.5 Å². The lowest BCUT2D eigenvalue weighted by atomic mass is 9.98. The Morgan fingerprint density at radius 1 is 0.973 bits per heavy atom. The SMILES string of the molecule is Cc1ccc(NC(=O)Nc2cc(-c3cc(F)ccc3C(=O)O)ccc2N(CC(C)C)CC(F)(F)F)cc1. The first-order valence-corrected chi connectivity index (χ1v) is 11.5. The van der Waals surface area contributed by atoms with Gasteiger partial charge in [-0.25, -0.2) is 14.0 Å². The van der Waals surface area contributed by atoms with Crippen molar-refractivity contribution in [2.24, 2.45) is 5.92 Å². The van der Waals surface area contributed by atoms with Crippen molar-refractivity contribution in [2.45, 2.75) is 26.9 Å². The van der Waals surface area contributed by atoms with Crippen LogP contribution in [0.3, 0.4) is 0 Å². The molecule has 0 saturated carbocycles. The van der Waals surface area contributed by atoms with Gasteiger partial charge in [0, 0.05) is 12.2 Å². The van der Waals surface area contributed by atoms with Crippen LogP contribution in [0.4, 0.5) is 39.4 Å². The summed E-state index contributed by atoms with van der Waals surface area (Å²) in [5.41, 5.74) is 1.57. The summed E-state index contributed by atoms with van der Waals surface area (Å²) >= 11 is 0. The lowest BCUT2D eigenvalue weighted by molar-refractivity contribution is -0.119. The number of carbonyl (C=O) groups excluding carboxylic acids is 1. The molecular formula is C27H27F4N3O3. The molecule has 196 valence electrons. The molecule has 10 heteroatoms. The first-order valence-electron chi connectivity index (χ1n) is 11.5. The maximum Gasteiger partial charge on any atom is 0.405 e. The van der Waals surface area contributed by atoms with Crippen molar-refractivity contribution in [1.82, 2.24) is 0 Å². The van der Waals surface area contributed by atoms with Crippen molar-refractivity contribution in [2.75, 3.05) is 28.6 Å². The van der Waals surface area contributed by atoms with Crippen LogP contribution >= 0.6 is 0 Å². The summed E-state index contributed by atoms with van der Waals surface area (Å²) < 4.78 is 54.3. The van der Waals surface area contributed by atoms with Gasteiger partial charge in [-0.2, -0.15) is 13.2 Å². The molecule has 0 radical (unpaired) electrons. The Labute approximate surface area is 211 Å². The summed E-state index contributed by atoms with van der Waals surface area (Å²) in [7, 11) is 0. The molecule has 3 aromatic carbocycles. The van der Waals surface area contributed by atoms with Gasteiger partial charge in [-0.05, 0) is 66.4 Å². The molecule has 3 rings (SSSR count). The number of hydrogen-bond acceptors (Lipinski definition) is 3. The van der Waals surface area contributed by atoms with E-state index in [0.717, 1.165) is 28.7 Å². The van der Waals surface area contributed by atoms with Gasteiger partial charge in [0.2, 0.25) is 0 Å². The minimum Gasteiger partial charge on any atom is -0.478 e. The second-order valence-corrected chi connectivity index (χ2v) is 9.06. The number of alkyl halides is 3. The number of amides is 2. The monoisotopic (exact) mass is 517 g/mol. The summed E-state index contributed by atoms with van der Waals surface area (Å²) in [6.45, 7) is 4.18. The lowest BCUT2D eigenvalue weighted by Crippen LogP contribution is -2.37. The third kappa shape index (κ3) is 7.70. The molecule has 0 aliphatic carbocycles. The van der Waals surface area contributed by atoms with E-state index in [1.807, 2.05) is 6.92 Å². The fraction of sp³-hybridized carbons (Fsp3) is 0.259. The van der Waals surface area contributed by atoms with Crippen molar-refractivity contribution in [3.63, 3.8) is 0 Å². The van der Waals surface area contributed by atoms with Crippen molar-refractivity contribution in [1.29, 1.82) is 0 Å². The van der Waals surface area contributed by atoms with Crippen molar-refractivity contribution in [3.8, 4) is 11.1 Å². The highest BCUT2D eigenvalue weighted by Gasteiger charge is 2.32. The van der Waals surface area contributed by atoms with E-state index in [-0.39, 0.29) is 40.5 Å². The predicted molar refractivity (Wildman–Crippen MR) is 136 cm³/mol. The number of nitrogens with one attached hydrogen (secondary N) is 2. The Bertz CT molecular complexity index is 1270. The van der Waals surface area contributed by atoms with Crippen molar-refractivity contribution in [3.05, 3.63) is 77.6 Å². The second-order valence-electron chi connectivity index (χ2n) is 9.06.